The fourth-order valence-corrected chi connectivity index (χ4v) is 12.7. The second-order valence-electron chi connectivity index (χ2n) is 19.6. The van der Waals surface area contributed by atoms with Crippen molar-refractivity contribution in [1.29, 1.82) is 0 Å². The molecule has 1 unspecified atom stereocenters. The topological polar surface area (TPSA) is 124 Å². The van der Waals surface area contributed by atoms with Gasteiger partial charge in [0.2, 0.25) is 0 Å². The number of carbonyl (C=O) groups excluding carboxylic acids is 1. The van der Waals surface area contributed by atoms with Gasteiger partial charge in [-0.25, -0.2) is 0 Å². The van der Waals surface area contributed by atoms with Gasteiger partial charge in [0.15, 0.2) is 5.79 Å². The molecule has 19 atom stereocenters. The SMILES string of the molecule is C=C1C[C@@H]2CC[C@@]34C[C@H]5O[C@@H]6C(O[C@H]7CC[C@H](CC(=O)C[C@@H]8[C@@H](OC)[C@@H](C[C@H](O)CN9CCCCC9)O[C@H]8C[C@H]8O[C@@H](CC[C@@H]1O2)C[C@@H](C)C8=C)O[C@@H]7[C@@H]6O3)[C@H]5O4. The Kier molecular flexibility index (Phi) is 11.3. The van der Waals surface area contributed by atoms with Gasteiger partial charge in [0, 0.05) is 58.1 Å². The third-order valence-corrected chi connectivity index (χ3v) is 15.6. The largest absolute Gasteiger partial charge is 0.392 e. The van der Waals surface area contributed by atoms with Crippen molar-refractivity contribution < 1.29 is 52.5 Å². The summed E-state index contributed by atoms with van der Waals surface area (Å²) in [7, 11) is 1.72. The molecular weight excluding hydrogens is 730 g/mol. The van der Waals surface area contributed by atoms with E-state index in [0.717, 1.165) is 69.2 Å². The lowest BCUT2D eigenvalue weighted by molar-refractivity contribution is -0.292. The second kappa shape index (κ2) is 16.2. The molecule has 11 rings (SSSR count). The monoisotopic (exact) mass is 797 g/mol. The van der Waals surface area contributed by atoms with E-state index in [1.165, 1.54) is 19.3 Å². The highest BCUT2D eigenvalue weighted by atomic mass is 16.8. The van der Waals surface area contributed by atoms with Crippen LogP contribution in [0.15, 0.2) is 24.3 Å². The first-order chi connectivity index (χ1) is 27.6. The number of piperidine rings is 1. The Morgan fingerprint density at radius 3 is 2.37 bits per heavy atom. The van der Waals surface area contributed by atoms with E-state index in [-0.39, 0.29) is 103 Å². The summed E-state index contributed by atoms with van der Waals surface area (Å²) >= 11 is 0. The first-order valence-corrected chi connectivity index (χ1v) is 22.7. The van der Waals surface area contributed by atoms with Crippen molar-refractivity contribution in [2.75, 3.05) is 26.7 Å². The van der Waals surface area contributed by atoms with Crippen LogP contribution in [0.3, 0.4) is 0 Å². The first kappa shape index (κ1) is 39.8. The molecule has 12 bridgehead atoms. The molecule has 11 fully saturated rings. The summed E-state index contributed by atoms with van der Waals surface area (Å²) in [5, 5.41) is 11.4. The zero-order valence-electron chi connectivity index (χ0n) is 34.2. The fourth-order valence-electron chi connectivity index (χ4n) is 12.7. The number of carbonyl (C=O) groups is 1. The van der Waals surface area contributed by atoms with E-state index >= 15 is 0 Å². The van der Waals surface area contributed by atoms with Crippen LogP contribution in [0.5, 0.6) is 0 Å². The number of rotatable bonds is 5. The number of β-amino-alcohol motifs (C(OH)–C–C–N with tert-alkyl or cyclic N) is 1. The molecule has 0 saturated carbocycles. The van der Waals surface area contributed by atoms with Gasteiger partial charge in [-0.15, -0.1) is 0 Å². The number of aliphatic hydroxyl groups is 1. The summed E-state index contributed by atoms with van der Waals surface area (Å²) < 4.78 is 60.8. The highest BCUT2D eigenvalue weighted by molar-refractivity contribution is 5.79. The predicted molar refractivity (Wildman–Crippen MR) is 207 cm³/mol. The van der Waals surface area contributed by atoms with Gasteiger partial charge in [-0.1, -0.05) is 26.5 Å². The number of hydrogen-bond acceptors (Lipinski definition) is 12. The van der Waals surface area contributed by atoms with Crippen LogP contribution >= 0.6 is 0 Å². The maximum absolute atomic E-state index is 14.3. The molecule has 12 nitrogen and oxygen atoms in total. The number of ketones is 1. The molecule has 11 aliphatic heterocycles. The average molecular weight is 798 g/mol. The molecule has 11 heterocycles. The van der Waals surface area contributed by atoms with Crippen LogP contribution in [-0.2, 0) is 47.4 Å². The maximum Gasteiger partial charge on any atom is 0.172 e. The number of Topliss-reactive ketones (excluding diaryl/α,β-unsaturated/α-hetero) is 1. The summed E-state index contributed by atoms with van der Waals surface area (Å²) in [6.45, 7) is 13.9. The Labute approximate surface area is 338 Å². The standard InChI is InChI=1S/C45H67NO11/c1-24-16-29-8-10-33-25(2)17-31(50-33)12-13-45-22-38-41(56-45)42-43(55-38)44(57-45)40-34(54-42)11-9-30(52-40)18-27(47)19-32-36(21-35(51-29)26(24)3)53-37(39(32)49-4)20-28(48)23-46-14-6-5-7-15-46/h24,28-44,48H,2-3,5-23H2,1,4H3/t24-,28+,29+,30-,31+,32+,33+,34+,35-,36+,37-,38-,39-,40+,41+,42?,43-,44+,45+/m1/s1. The smallest absolute Gasteiger partial charge is 0.172 e. The minimum absolute atomic E-state index is 0.00892. The van der Waals surface area contributed by atoms with Crippen LogP contribution in [0.1, 0.15) is 110 Å². The van der Waals surface area contributed by atoms with Gasteiger partial charge in [-0.2, -0.15) is 0 Å². The molecule has 11 aliphatic rings. The number of fused-ring (bicyclic) bond motifs is 6. The van der Waals surface area contributed by atoms with Crippen molar-refractivity contribution in [3.05, 3.63) is 24.3 Å². The quantitative estimate of drug-likeness (QED) is 0.379. The van der Waals surface area contributed by atoms with E-state index in [4.69, 9.17) is 42.6 Å². The van der Waals surface area contributed by atoms with Gasteiger partial charge in [0.25, 0.3) is 0 Å². The lowest BCUT2D eigenvalue weighted by Gasteiger charge is -2.47. The van der Waals surface area contributed by atoms with Crippen LogP contribution in [0.2, 0.25) is 0 Å². The molecular formula is C45H67NO11. The second-order valence-corrected chi connectivity index (χ2v) is 19.6. The lowest BCUT2D eigenvalue weighted by Crippen LogP contribution is -2.61. The van der Waals surface area contributed by atoms with Gasteiger partial charge in [-0.05, 0) is 87.9 Å². The molecule has 0 amide bonds. The summed E-state index contributed by atoms with van der Waals surface area (Å²) in [6.07, 6.45) is 9.16. The van der Waals surface area contributed by atoms with E-state index in [0.29, 0.717) is 51.0 Å². The zero-order chi connectivity index (χ0) is 39.0. The molecule has 1 spiro atoms. The zero-order valence-corrected chi connectivity index (χ0v) is 34.2. The van der Waals surface area contributed by atoms with Crippen molar-refractivity contribution in [3.63, 3.8) is 0 Å². The minimum atomic E-state index is -0.776. The van der Waals surface area contributed by atoms with Gasteiger partial charge in [-0.3, -0.25) is 4.79 Å². The normalized spacial score (nSPS) is 50.8. The van der Waals surface area contributed by atoms with E-state index in [1.807, 2.05) is 0 Å². The number of aliphatic hydroxyl groups excluding tert-OH is 1. The van der Waals surface area contributed by atoms with Crippen LogP contribution in [-0.4, -0.2) is 146 Å². The van der Waals surface area contributed by atoms with Crippen molar-refractivity contribution in [2.45, 2.75) is 213 Å². The highest BCUT2D eigenvalue weighted by Crippen LogP contribution is 2.54. The first-order valence-electron chi connectivity index (χ1n) is 22.7. The number of ether oxygens (including phenoxy) is 9. The van der Waals surface area contributed by atoms with Crippen LogP contribution in [0, 0.1) is 11.8 Å². The van der Waals surface area contributed by atoms with Crippen molar-refractivity contribution in [1.82, 2.24) is 4.90 Å². The fraction of sp³-hybridized carbons (Fsp3) is 0.889. The molecule has 318 valence electrons. The minimum Gasteiger partial charge on any atom is -0.392 e. The lowest BCUT2D eigenvalue weighted by atomic mass is 9.81. The number of likely N-dealkylation sites (tertiary alicyclic amines) is 1. The Morgan fingerprint density at radius 1 is 0.772 bits per heavy atom. The Balaban J connectivity index is 0.908. The summed E-state index contributed by atoms with van der Waals surface area (Å²) in [5.41, 5.74) is 2.24. The Bertz CT molecular complexity index is 1500. The van der Waals surface area contributed by atoms with Crippen LogP contribution in [0.4, 0.5) is 0 Å². The molecule has 0 aromatic carbocycles. The van der Waals surface area contributed by atoms with E-state index in [1.54, 1.807) is 7.11 Å². The van der Waals surface area contributed by atoms with Crippen LogP contribution in [0.25, 0.3) is 0 Å². The van der Waals surface area contributed by atoms with Gasteiger partial charge < -0.3 is 52.6 Å². The average Bonchev–Trinajstić information content (AvgIpc) is 3.87. The third-order valence-electron chi connectivity index (χ3n) is 15.6. The summed E-state index contributed by atoms with van der Waals surface area (Å²) in [6, 6.07) is 0. The Hall–Kier alpha value is -1.29. The Morgan fingerprint density at radius 2 is 1.53 bits per heavy atom. The van der Waals surface area contributed by atoms with Crippen LogP contribution < -0.4 is 0 Å². The van der Waals surface area contributed by atoms with Crippen molar-refractivity contribution in [2.24, 2.45) is 11.8 Å². The maximum atomic E-state index is 14.3. The molecule has 0 radical (unpaired) electrons. The van der Waals surface area contributed by atoms with E-state index in [9.17, 15) is 9.90 Å². The van der Waals surface area contributed by atoms with Crippen molar-refractivity contribution >= 4 is 5.78 Å². The predicted octanol–water partition coefficient (Wildman–Crippen LogP) is 4.97. The molecule has 0 aromatic heterocycles. The molecule has 1 N–H and O–H groups in total. The number of nitrogens with zero attached hydrogens (tertiary/aromatic N) is 1. The van der Waals surface area contributed by atoms with Gasteiger partial charge in [0.05, 0.1) is 67.1 Å². The summed E-state index contributed by atoms with van der Waals surface area (Å²) in [5.74, 6) is -0.542. The molecule has 57 heavy (non-hydrogen) atoms. The molecule has 11 saturated heterocycles. The van der Waals surface area contributed by atoms with E-state index in [2.05, 4.69) is 25.0 Å². The third kappa shape index (κ3) is 7.79. The van der Waals surface area contributed by atoms with Gasteiger partial charge >= 0.3 is 0 Å². The number of hydrogen-bond donors (Lipinski definition) is 1. The van der Waals surface area contributed by atoms with E-state index < -0.39 is 11.9 Å². The highest BCUT2D eigenvalue weighted by Gasteiger charge is 2.68. The molecule has 0 aromatic rings. The van der Waals surface area contributed by atoms with Crippen molar-refractivity contribution in [3.8, 4) is 0 Å². The van der Waals surface area contributed by atoms with Gasteiger partial charge in [0.1, 0.15) is 36.3 Å². The molecule has 0 aliphatic carbocycles. The molecule has 12 heteroatoms. The number of methoxy groups -OCH3 is 1. The summed E-state index contributed by atoms with van der Waals surface area (Å²) in [4.78, 5) is 16.6.